The number of H-pyrrole nitrogens is 1. The zero-order chi connectivity index (χ0) is 20.4. The Kier molecular flexibility index (Phi) is 5.78. The van der Waals surface area contributed by atoms with Crippen molar-refractivity contribution in [2.75, 3.05) is 13.2 Å². The molecule has 1 unspecified atom stereocenters. The number of ether oxygens (including phenoxy) is 1. The van der Waals surface area contributed by atoms with Gasteiger partial charge in [-0.3, -0.25) is 9.89 Å². The number of nitrogens with one attached hydrogen (secondary N) is 2. The molecular formula is C22H27FN4O2. The van der Waals surface area contributed by atoms with Crippen LogP contribution < -0.4 is 10.9 Å². The first-order chi connectivity index (χ1) is 14.0. The van der Waals surface area contributed by atoms with Crippen LogP contribution in [-0.2, 0) is 11.3 Å². The molecule has 1 saturated heterocycles. The molecule has 3 heterocycles. The fraction of sp³-hybridized carbons (Fsp3) is 0.455. The maximum atomic E-state index is 13.5. The van der Waals surface area contributed by atoms with Crippen molar-refractivity contribution >= 4 is 5.65 Å². The summed E-state index contributed by atoms with van der Waals surface area (Å²) in [4.78, 5) is 17.5. The van der Waals surface area contributed by atoms with E-state index in [1.54, 1.807) is 12.1 Å². The number of rotatable bonds is 6. The maximum Gasteiger partial charge on any atom is 0.272 e. The predicted molar refractivity (Wildman–Crippen MR) is 109 cm³/mol. The average Bonchev–Trinajstić information content (AvgIpc) is 3.14. The first-order valence-electron chi connectivity index (χ1n) is 10.2. The van der Waals surface area contributed by atoms with Crippen molar-refractivity contribution < 1.29 is 9.13 Å². The van der Waals surface area contributed by atoms with Crippen LogP contribution in [0.5, 0.6) is 0 Å². The average molecular weight is 398 g/mol. The lowest BCUT2D eigenvalue weighted by molar-refractivity contribution is 0.0844. The van der Waals surface area contributed by atoms with Crippen LogP contribution in [0.3, 0.4) is 0 Å². The van der Waals surface area contributed by atoms with E-state index < -0.39 is 0 Å². The van der Waals surface area contributed by atoms with Crippen LogP contribution in [0.15, 0.2) is 41.2 Å². The van der Waals surface area contributed by atoms with Crippen molar-refractivity contribution in [1.82, 2.24) is 19.9 Å². The monoisotopic (exact) mass is 398 g/mol. The smallest absolute Gasteiger partial charge is 0.272 e. The second kappa shape index (κ2) is 8.47. The Hall–Kier alpha value is -2.51. The standard InChI is InChI=1S/C22H27FN4O2/c1-14(2)22(24-13-15-4-3-5-17(23)10-15)19-12-21(28)27-20(25-19)11-18(26-27)16-6-8-29-9-7-16/h3-5,10-12,14,16,22,24,26H,6-9,13H2,1-2H3. The molecule has 0 saturated carbocycles. The number of fused-ring (bicyclic) bond motifs is 1. The summed E-state index contributed by atoms with van der Waals surface area (Å²) in [7, 11) is 0. The lowest BCUT2D eigenvalue weighted by Crippen LogP contribution is -2.28. The minimum atomic E-state index is -0.254. The summed E-state index contributed by atoms with van der Waals surface area (Å²) >= 11 is 0. The Morgan fingerprint density at radius 1 is 1.28 bits per heavy atom. The number of benzene rings is 1. The number of aromatic nitrogens is 3. The molecule has 0 bridgehead atoms. The van der Waals surface area contributed by atoms with Crippen LogP contribution in [0.4, 0.5) is 4.39 Å². The molecule has 1 aliphatic rings. The minimum Gasteiger partial charge on any atom is -0.381 e. The van der Waals surface area contributed by atoms with E-state index in [-0.39, 0.29) is 23.3 Å². The lowest BCUT2D eigenvalue weighted by atomic mass is 9.97. The summed E-state index contributed by atoms with van der Waals surface area (Å²) in [5.41, 5.74) is 3.11. The number of halogens is 1. The van der Waals surface area contributed by atoms with E-state index in [4.69, 9.17) is 9.72 Å². The first-order valence-corrected chi connectivity index (χ1v) is 10.2. The van der Waals surface area contributed by atoms with E-state index in [0.717, 1.165) is 37.3 Å². The zero-order valence-electron chi connectivity index (χ0n) is 16.8. The normalized spacial score (nSPS) is 16.6. The van der Waals surface area contributed by atoms with Gasteiger partial charge in [-0.1, -0.05) is 26.0 Å². The Labute approximate surface area is 169 Å². The van der Waals surface area contributed by atoms with Gasteiger partial charge < -0.3 is 10.1 Å². The topological polar surface area (TPSA) is 71.4 Å². The Morgan fingerprint density at radius 3 is 2.79 bits per heavy atom. The molecule has 7 heteroatoms. The molecule has 4 rings (SSSR count). The molecule has 0 amide bonds. The molecule has 0 spiro atoms. The fourth-order valence-corrected chi connectivity index (χ4v) is 3.96. The minimum absolute atomic E-state index is 0.114. The van der Waals surface area contributed by atoms with Gasteiger partial charge in [-0.25, -0.2) is 13.9 Å². The summed E-state index contributed by atoms with van der Waals surface area (Å²) in [6, 6.07) is 9.98. The quantitative estimate of drug-likeness (QED) is 0.666. The predicted octanol–water partition coefficient (Wildman–Crippen LogP) is 3.54. The summed E-state index contributed by atoms with van der Waals surface area (Å²) in [6.07, 6.45) is 1.89. The number of hydrogen-bond donors (Lipinski definition) is 2. The van der Waals surface area contributed by atoms with Gasteiger partial charge >= 0.3 is 0 Å². The summed E-state index contributed by atoms with van der Waals surface area (Å²) < 4.78 is 20.4. The highest BCUT2D eigenvalue weighted by Gasteiger charge is 2.22. The van der Waals surface area contributed by atoms with Crippen LogP contribution in [0.25, 0.3) is 5.65 Å². The van der Waals surface area contributed by atoms with Crippen LogP contribution in [0, 0.1) is 11.7 Å². The first kappa shape index (κ1) is 19.8. The van der Waals surface area contributed by atoms with Gasteiger partial charge in [0.15, 0.2) is 5.65 Å². The van der Waals surface area contributed by atoms with Gasteiger partial charge in [-0.2, -0.15) is 0 Å². The molecule has 6 nitrogen and oxygen atoms in total. The molecule has 3 aromatic rings. The third-order valence-corrected chi connectivity index (χ3v) is 5.55. The summed E-state index contributed by atoms with van der Waals surface area (Å²) in [5.74, 6) is 0.322. The van der Waals surface area contributed by atoms with Gasteiger partial charge in [0.25, 0.3) is 5.56 Å². The third-order valence-electron chi connectivity index (χ3n) is 5.55. The van der Waals surface area contributed by atoms with Crippen molar-refractivity contribution in [2.45, 2.75) is 45.2 Å². The van der Waals surface area contributed by atoms with Crippen molar-refractivity contribution in [3.8, 4) is 0 Å². The van der Waals surface area contributed by atoms with Crippen molar-refractivity contribution in [2.24, 2.45) is 5.92 Å². The molecule has 2 aromatic heterocycles. The molecule has 29 heavy (non-hydrogen) atoms. The van der Waals surface area contributed by atoms with Gasteiger partial charge in [0, 0.05) is 43.5 Å². The second-order valence-electron chi connectivity index (χ2n) is 8.04. The van der Waals surface area contributed by atoms with Crippen LogP contribution in [0.2, 0.25) is 0 Å². The van der Waals surface area contributed by atoms with Crippen LogP contribution >= 0.6 is 0 Å². The van der Waals surface area contributed by atoms with Gasteiger partial charge in [-0.05, 0) is 36.5 Å². The van der Waals surface area contributed by atoms with Gasteiger partial charge in [0.05, 0.1) is 11.7 Å². The van der Waals surface area contributed by atoms with E-state index in [1.165, 1.54) is 16.6 Å². The van der Waals surface area contributed by atoms with Crippen LogP contribution in [-0.4, -0.2) is 27.8 Å². The zero-order valence-corrected chi connectivity index (χ0v) is 16.8. The van der Waals surface area contributed by atoms with Crippen LogP contribution in [0.1, 0.15) is 55.6 Å². The van der Waals surface area contributed by atoms with E-state index in [0.29, 0.717) is 23.8 Å². The summed E-state index contributed by atoms with van der Waals surface area (Å²) in [6.45, 7) is 6.15. The fourth-order valence-electron chi connectivity index (χ4n) is 3.96. The molecule has 2 N–H and O–H groups in total. The largest absolute Gasteiger partial charge is 0.381 e. The summed E-state index contributed by atoms with van der Waals surface area (Å²) in [5, 5.41) is 6.65. The molecule has 0 aliphatic carbocycles. The van der Waals surface area contributed by atoms with Gasteiger partial charge in [-0.15, -0.1) is 0 Å². The number of hydrogen-bond acceptors (Lipinski definition) is 4. The van der Waals surface area contributed by atoms with Gasteiger partial charge in [0.1, 0.15) is 5.82 Å². The molecule has 154 valence electrons. The number of nitrogens with zero attached hydrogens (tertiary/aromatic N) is 2. The van der Waals surface area contributed by atoms with E-state index in [2.05, 4.69) is 24.3 Å². The molecule has 1 aliphatic heterocycles. The van der Waals surface area contributed by atoms with Crippen molar-refractivity contribution in [3.05, 3.63) is 69.5 Å². The highest BCUT2D eigenvalue weighted by atomic mass is 19.1. The number of aromatic amines is 1. The SMILES string of the molecule is CC(C)C(NCc1cccc(F)c1)c1cc(=O)n2[nH]c(C3CCOCC3)cc2n1. The van der Waals surface area contributed by atoms with E-state index in [1.807, 2.05) is 12.1 Å². The molecule has 1 aromatic carbocycles. The van der Waals surface area contributed by atoms with Crippen molar-refractivity contribution in [1.29, 1.82) is 0 Å². The van der Waals surface area contributed by atoms with E-state index in [9.17, 15) is 9.18 Å². The van der Waals surface area contributed by atoms with E-state index >= 15 is 0 Å². The Morgan fingerprint density at radius 2 is 2.07 bits per heavy atom. The molecule has 0 radical (unpaired) electrons. The highest BCUT2D eigenvalue weighted by molar-refractivity contribution is 5.41. The molecule has 1 atom stereocenters. The maximum absolute atomic E-state index is 13.5. The molecular weight excluding hydrogens is 371 g/mol. The Balaban J connectivity index is 1.60. The van der Waals surface area contributed by atoms with Crippen molar-refractivity contribution in [3.63, 3.8) is 0 Å². The van der Waals surface area contributed by atoms with Gasteiger partial charge in [0.2, 0.25) is 0 Å². The third kappa shape index (κ3) is 4.41. The molecule has 1 fully saturated rings. The highest BCUT2D eigenvalue weighted by Crippen LogP contribution is 2.27. The lowest BCUT2D eigenvalue weighted by Gasteiger charge is -2.22. The second-order valence-corrected chi connectivity index (χ2v) is 8.04. The Bertz CT molecular complexity index is 1040.